The lowest BCUT2D eigenvalue weighted by molar-refractivity contribution is -0.161. The number of likely N-dealkylation sites (N-methyl/N-ethyl adjacent to an activating group) is 1. The van der Waals surface area contributed by atoms with Gasteiger partial charge in [-0.15, -0.1) is 0 Å². The zero-order chi connectivity index (χ0) is 16.8. The molecule has 0 fully saturated rings. The Hall–Kier alpha value is -1.18. The summed E-state index contributed by atoms with van der Waals surface area (Å²) in [6.45, 7) is 3.50. The fraction of sp³-hybridized carbons (Fsp3) is 0.857. The van der Waals surface area contributed by atoms with Gasteiger partial charge in [-0.3, -0.25) is 9.59 Å². The number of carbonyl (C=O) groups excluding carboxylic acids is 2. The number of hydrogen-bond acceptors (Lipinski definition) is 6. The first kappa shape index (κ1) is 19.8. The van der Waals surface area contributed by atoms with E-state index in [9.17, 15) is 24.9 Å². The highest BCUT2D eigenvalue weighted by atomic mass is 16.5. The number of ether oxygens (including phenoxy) is 1. The number of amides is 1. The Balaban J connectivity index is 4.91. The fourth-order valence-corrected chi connectivity index (χ4v) is 2.00. The van der Waals surface area contributed by atoms with Crippen molar-refractivity contribution in [2.24, 2.45) is 5.92 Å². The maximum Gasteiger partial charge on any atom is 0.308 e. The number of nitrogens with zero attached hydrogens (tertiary/aromatic N) is 1. The number of rotatable bonds is 8. The first-order chi connectivity index (χ1) is 9.55. The van der Waals surface area contributed by atoms with E-state index in [0.29, 0.717) is 0 Å². The van der Waals surface area contributed by atoms with Crippen molar-refractivity contribution >= 4 is 11.9 Å². The van der Waals surface area contributed by atoms with Gasteiger partial charge in [0, 0.05) is 14.1 Å². The first-order valence-corrected chi connectivity index (χ1v) is 6.92. The molecule has 1 amide bonds. The zero-order valence-electron chi connectivity index (χ0n) is 13.4. The van der Waals surface area contributed by atoms with Crippen LogP contribution in [-0.4, -0.2) is 71.1 Å². The topological polar surface area (TPSA) is 107 Å². The molecule has 0 radical (unpaired) electrons. The Labute approximate surface area is 125 Å². The molecule has 0 aliphatic heterocycles. The summed E-state index contributed by atoms with van der Waals surface area (Å²) in [5.41, 5.74) is -1.95. The quantitative estimate of drug-likeness (QED) is 0.523. The van der Waals surface area contributed by atoms with Crippen LogP contribution in [0, 0.1) is 5.92 Å². The second-order valence-corrected chi connectivity index (χ2v) is 5.82. The van der Waals surface area contributed by atoms with E-state index < -0.39 is 36.1 Å². The molecule has 0 aromatic rings. The van der Waals surface area contributed by atoms with Crippen molar-refractivity contribution < 1.29 is 29.6 Å². The van der Waals surface area contributed by atoms with E-state index in [1.165, 1.54) is 26.1 Å². The van der Waals surface area contributed by atoms with Gasteiger partial charge in [0.25, 0.3) is 5.91 Å². The Morgan fingerprint density at radius 1 is 1.24 bits per heavy atom. The number of aliphatic hydroxyl groups is 3. The Bertz CT molecular complexity index is 357. The summed E-state index contributed by atoms with van der Waals surface area (Å²) in [4.78, 5) is 24.6. The molecular formula is C14H27NO6. The molecule has 0 unspecified atom stereocenters. The van der Waals surface area contributed by atoms with E-state index in [2.05, 4.69) is 4.74 Å². The third-order valence-corrected chi connectivity index (χ3v) is 3.40. The van der Waals surface area contributed by atoms with Gasteiger partial charge in [0.15, 0.2) is 5.60 Å². The van der Waals surface area contributed by atoms with Gasteiger partial charge in [-0.1, -0.05) is 13.8 Å². The lowest BCUT2D eigenvalue weighted by atomic mass is 9.88. The van der Waals surface area contributed by atoms with Crippen LogP contribution in [0.2, 0.25) is 0 Å². The lowest BCUT2D eigenvalue weighted by Crippen LogP contribution is -2.48. The summed E-state index contributed by atoms with van der Waals surface area (Å²) in [6.07, 6.45) is -2.69. The predicted octanol–water partition coefficient (Wildman–Crippen LogP) is -0.473. The molecule has 0 aliphatic carbocycles. The summed E-state index contributed by atoms with van der Waals surface area (Å²) in [6, 6.07) is 0. The molecule has 0 saturated heterocycles. The number of carbonyl (C=O) groups is 2. The number of esters is 1. The van der Waals surface area contributed by atoms with Crippen LogP contribution < -0.4 is 0 Å². The van der Waals surface area contributed by atoms with Crippen molar-refractivity contribution in [2.75, 3.05) is 21.2 Å². The van der Waals surface area contributed by atoms with Gasteiger partial charge in [-0.05, 0) is 18.8 Å². The minimum absolute atomic E-state index is 0.00752. The van der Waals surface area contributed by atoms with Crippen LogP contribution in [-0.2, 0) is 14.3 Å². The molecule has 0 heterocycles. The zero-order valence-corrected chi connectivity index (χ0v) is 13.4. The number of aliphatic hydroxyl groups excluding tert-OH is 2. The van der Waals surface area contributed by atoms with Crippen LogP contribution in [0.15, 0.2) is 0 Å². The second kappa shape index (κ2) is 8.31. The lowest BCUT2D eigenvalue weighted by Gasteiger charge is -2.30. The Kier molecular flexibility index (Phi) is 7.84. The number of hydrogen-bond donors (Lipinski definition) is 3. The molecule has 3 atom stereocenters. The summed E-state index contributed by atoms with van der Waals surface area (Å²) in [5, 5.41) is 30.0. The van der Waals surface area contributed by atoms with E-state index in [1.54, 1.807) is 13.8 Å². The second-order valence-electron chi connectivity index (χ2n) is 5.82. The van der Waals surface area contributed by atoms with Crippen molar-refractivity contribution in [3.05, 3.63) is 0 Å². The molecule has 124 valence electrons. The molecule has 0 aromatic carbocycles. The normalized spacial score (nSPS) is 17.0. The molecule has 3 N–H and O–H groups in total. The van der Waals surface area contributed by atoms with E-state index in [0.717, 1.165) is 0 Å². The first-order valence-electron chi connectivity index (χ1n) is 6.92. The maximum absolute atomic E-state index is 12.1. The summed E-state index contributed by atoms with van der Waals surface area (Å²) in [7, 11) is 4.09. The molecule has 0 aliphatic rings. The maximum atomic E-state index is 12.1. The highest BCUT2D eigenvalue weighted by Gasteiger charge is 2.40. The van der Waals surface area contributed by atoms with Crippen molar-refractivity contribution in [3.63, 3.8) is 0 Å². The van der Waals surface area contributed by atoms with E-state index in [1.807, 2.05) is 0 Å². The molecule has 0 aromatic heterocycles. The van der Waals surface area contributed by atoms with Gasteiger partial charge in [0.05, 0.1) is 25.7 Å². The van der Waals surface area contributed by atoms with Crippen molar-refractivity contribution in [1.29, 1.82) is 0 Å². The molecule has 0 rings (SSSR count). The molecule has 0 bridgehead atoms. The van der Waals surface area contributed by atoms with Gasteiger partial charge >= 0.3 is 5.97 Å². The summed E-state index contributed by atoms with van der Waals surface area (Å²) >= 11 is 0. The molecule has 0 saturated carbocycles. The van der Waals surface area contributed by atoms with Gasteiger partial charge in [0.1, 0.15) is 0 Å². The highest BCUT2D eigenvalue weighted by molar-refractivity contribution is 5.89. The SMILES string of the molecule is COC(=O)C[C@](O)(CC[C@@H](O)[C@H](O)C(C)C)C(=O)N(C)C. The number of methoxy groups -OCH3 is 1. The van der Waals surface area contributed by atoms with Gasteiger partial charge in [0.2, 0.25) is 0 Å². The third kappa shape index (κ3) is 5.99. The van der Waals surface area contributed by atoms with E-state index in [-0.39, 0.29) is 18.8 Å². The minimum atomic E-state index is -1.95. The molecular weight excluding hydrogens is 278 g/mol. The Morgan fingerprint density at radius 2 is 1.76 bits per heavy atom. The highest BCUT2D eigenvalue weighted by Crippen LogP contribution is 2.23. The fourth-order valence-electron chi connectivity index (χ4n) is 2.00. The van der Waals surface area contributed by atoms with Crippen molar-refractivity contribution in [1.82, 2.24) is 4.90 Å². The summed E-state index contributed by atoms with van der Waals surface area (Å²) < 4.78 is 4.49. The third-order valence-electron chi connectivity index (χ3n) is 3.40. The minimum Gasteiger partial charge on any atom is -0.469 e. The smallest absolute Gasteiger partial charge is 0.308 e. The van der Waals surface area contributed by atoms with Gasteiger partial charge < -0.3 is 25.0 Å². The van der Waals surface area contributed by atoms with E-state index in [4.69, 9.17) is 0 Å². The van der Waals surface area contributed by atoms with Gasteiger partial charge in [-0.25, -0.2) is 0 Å². The summed E-state index contributed by atoms with van der Waals surface area (Å²) in [5.74, 6) is -1.51. The molecule has 0 spiro atoms. The van der Waals surface area contributed by atoms with Crippen LogP contribution in [0.1, 0.15) is 33.1 Å². The van der Waals surface area contributed by atoms with Gasteiger partial charge in [-0.2, -0.15) is 0 Å². The van der Waals surface area contributed by atoms with Crippen LogP contribution >= 0.6 is 0 Å². The Morgan fingerprint density at radius 3 is 2.14 bits per heavy atom. The van der Waals surface area contributed by atoms with Crippen LogP contribution in [0.25, 0.3) is 0 Å². The average molecular weight is 305 g/mol. The molecule has 7 nitrogen and oxygen atoms in total. The standard InChI is InChI=1S/C14H27NO6/c1-9(2)12(18)10(16)6-7-14(20,8-11(17)21-5)13(19)15(3)4/h9-10,12,16,18,20H,6-8H2,1-5H3/t10-,12-,14-/m1/s1. The van der Waals surface area contributed by atoms with Crippen molar-refractivity contribution in [3.8, 4) is 0 Å². The monoisotopic (exact) mass is 305 g/mol. The largest absolute Gasteiger partial charge is 0.469 e. The predicted molar refractivity (Wildman–Crippen MR) is 76.4 cm³/mol. The molecule has 21 heavy (non-hydrogen) atoms. The van der Waals surface area contributed by atoms with Crippen molar-refractivity contribution in [2.45, 2.75) is 50.9 Å². The molecule has 7 heteroatoms. The van der Waals surface area contributed by atoms with E-state index >= 15 is 0 Å². The van der Waals surface area contributed by atoms with Crippen LogP contribution in [0.4, 0.5) is 0 Å². The average Bonchev–Trinajstić information content (AvgIpc) is 2.42. The van der Waals surface area contributed by atoms with Crippen LogP contribution in [0.3, 0.4) is 0 Å². The van der Waals surface area contributed by atoms with Crippen LogP contribution in [0.5, 0.6) is 0 Å².